The third-order valence-corrected chi connectivity index (χ3v) is 4.81. The van der Waals surface area contributed by atoms with Crippen molar-refractivity contribution >= 4 is 22.6 Å². The summed E-state index contributed by atoms with van der Waals surface area (Å²) in [6, 6.07) is 18.6. The Morgan fingerprint density at radius 2 is 1.67 bits per heavy atom. The van der Waals surface area contributed by atoms with Crippen LogP contribution in [0.2, 0.25) is 0 Å². The minimum absolute atomic E-state index is 0.292. The molecule has 1 N–H and O–H groups in total. The van der Waals surface area contributed by atoms with E-state index in [0.717, 1.165) is 21.9 Å². The number of benzene rings is 3. The number of fused-ring (bicyclic) bond motifs is 1. The van der Waals surface area contributed by atoms with Crippen molar-refractivity contribution in [1.29, 1.82) is 0 Å². The first-order valence-electron chi connectivity index (χ1n) is 8.91. The van der Waals surface area contributed by atoms with Crippen LogP contribution >= 0.6 is 0 Å². The van der Waals surface area contributed by atoms with Gasteiger partial charge in [-0.2, -0.15) is 0 Å². The Bertz CT molecular complexity index is 994. The third-order valence-electron chi connectivity index (χ3n) is 4.81. The summed E-state index contributed by atoms with van der Waals surface area (Å²) in [5, 5.41) is 4.86. The molecule has 0 saturated carbocycles. The van der Waals surface area contributed by atoms with Gasteiger partial charge in [0, 0.05) is 12.0 Å². The van der Waals surface area contributed by atoms with Crippen LogP contribution in [0.1, 0.15) is 27.0 Å². The van der Waals surface area contributed by atoms with Gasteiger partial charge in [-0.1, -0.05) is 48.5 Å². The lowest BCUT2D eigenvalue weighted by Gasteiger charge is -2.17. The van der Waals surface area contributed by atoms with Crippen LogP contribution in [0.25, 0.3) is 10.8 Å². The largest absolute Gasteiger partial charge is 0.467 e. The predicted octanol–water partition coefficient (Wildman–Crippen LogP) is 3.97. The average Bonchev–Trinajstić information content (AvgIpc) is 2.69. The van der Waals surface area contributed by atoms with Crippen LogP contribution in [0.5, 0.6) is 0 Å². The number of hydrogen-bond acceptors (Lipinski definition) is 3. The van der Waals surface area contributed by atoms with E-state index < -0.39 is 12.0 Å². The lowest BCUT2D eigenvalue weighted by Crippen LogP contribution is -2.43. The Hall–Kier alpha value is -3.14. The number of nitrogens with one attached hydrogen (secondary N) is 1. The maximum absolute atomic E-state index is 12.7. The van der Waals surface area contributed by atoms with Crippen molar-refractivity contribution in [1.82, 2.24) is 5.32 Å². The molecule has 3 aromatic carbocycles. The molecule has 0 aliphatic heterocycles. The second kappa shape index (κ2) is 8.04. The second-order valence-corrected chi connectivity index (χ2v) is 6.73. The molecular weight excluding hydrogens is 338 g/mol. The van der Waals surface area contributed by atoms with Crippen molar-refractivity contribution in [3.05, 3.63) is 82.9 Å². The number of methoxy groups -OCH3 is 1. The molecule has 3 rings (SSSR count). The molecule has 0 fully saturated rings. The van der Waals surface area contributed by atoms with Gasteiger partial charge in [0.25, 0.3) is 5.91 Å². The molecule has 138 valence electrons. The predicted molar refractivity (Wildman–Crippen MR) is 107 cm³/mol. The van der Waals surface area contributed by atoms with Crippen LogP contribution in [-0.2, 0) is 16.0 Å². The maximum Gasteiger partial charge on any atom is 0.328 e. The van der Waals surface area contributed by atoms with Gasteiger partial charge in [0.15, 0.2) is 0 Å². The van der Waals surface area contributed by atoms with Crippen molar-refractivity contribution in [2.24, 2.45) is 0 Å². The Morgan fingerprint density at radius 1 is 0.926 bits per heavy atom. The average molecular weight is 361 g/mol. The standard InChI is InChI=1S/C23H23NO3/c1-15-8-9-17(12-16(15)2)13-21(23(26)27-3)24-22(25)20-11-10-18-6-4-5-7-19(18)14-20/h4-12,14,21H,13H2,1-3H3,(H,24,25)/t21-/m1/s1. The van der Waals surface area contributed by atoms with Crippen molar-refractivity contribution < 1.29 is 14.3 Å². The van der Waals surface area contributed by atoms with E-state index in [-0.39, 0.29) is 5.91 Å². The molecule has 27 heavy (non-hydrogen) atoms. The molecule has 0 aromatic heterocycles. The summed E-state index contributed by atoms with van der Waals surface area (Å²) >= 11 is 0. The van der Waals surface area contributed by atoms with Gasteiger partial charge in [-0.15, -0.1) is 0 Å². The highest BCUT2D eigenvalue weighted by molar-refractivity contribution is 6.00. The fraction of sp³-hybridized carbons (Fsp3) is 0.217. The van der Waals surface area contributed by atoms with Gasteiger partial charge < -0.3 is 10.1 Å². The van der Waals surface area contributed by atoms with Crippen molar-refractivity contribution in [2.75, 3.05) is 7.11 Å². The zero-order valence-corrected chi connectivity index (χ0v) is 15.8. The van der Waals surface area contributed by atoms with Gasteiger partial charge >= 0.3 is 5.97 Å². The molecule has 4 heteroatoms. The number of carbonyl (C=O) groups is 2. The molecule has 1 atom stereocenters. The molecule has 0 aliphatic rings. The summed E-state index contributed by atoms with van der Waals surface area (Å²) in [6.45, 7) is 4.07. The molecule has 0 spiro atoms. The van der Waals surface area contributed by atoms with Gasteiger partial charge in [-0.25, -0.2) is 4.79 Å². The molecule has 0 bridgehead atoms. The fourth-order valence-electron chi connectivity index (χ4n) is 3.07. The van der Waals surface area contributed by atoms with Gasteiger partial charge in [-0.05, 0) is 53.4 Å². The number of aryl methyl sites for hydroxylation is 2. The smallest absolute Gasteiger partial charge is 0.328 e. The normalized spacial score (nSPS) is 11.8. The molecular formula is C23H23NO3. The van der Waals surface area contributed by atoms with Crippen molar-refractivity contribution in [3.8, 4) is 0 Å². The highest BCUT2D eigenvalue weighted by Crippen LogP contribution is 2.16. The van der Waals surface area contributed by atoms with Gasteiger partial charge in [0.2, 0.25) is 0 Å². The summed E-state index contributed by atoms with van der Waals surface area (Å²) in [6.07, 6.45) is 0.382. The van der Waals surface area contributed by atoms with E-state index >= 15 is 0 Å². The quantitative estimate of drug-likeness (QED) is 0.700. The van der Waals surface area contributed by atoms with Crippen LogP contribution in [0, 0.1) is 13.8 Å². The summed E-state index contributed by atoms with van der Waals surface area (Å²) < 4.78 is 4.89. The summed E-state index contributed by atoms with van der Waals surface area (Å²) in [5.74, 6) is -0.748. The van der Waals surface area contributed by atoms with Gasteiger partial charge in [0.1, 0.15) is 6.04 Å². The van der Waals surface area contributed by atoms with E-state index in [1.807, 2.05) is 68.4 Å². The molecule has 0 heterocycles. The van der Waals surface area contributed by atoms with Crippen LogP contribution in [0.3, 0.4) is 0 Å². The molecule has 3 aromatic rings. The molecule has 0 saturated heterocycles. The zero-order chi connectivity index (χ0) is 19.4. The van der Waals surface area contributed by atoms with E-state index in [2.05, 4.69) is 5.32 Å². The molecule has 0 aliphatic carbocycles. The molecule has 0 unspecified atom stereocenters. The van der Waals surface area contributed by atoms with Crippen LogP contribution in [-0.4, -0.2) is 25.0 Å². The third kappa shape index (κ3) is 4.34. The Labute approximate surface area is 159 Å². The minimum Gasteiger partial charge on any atom is -0.467 e. The van der Waals surface area contributed by atoms with Gasteiger partial charge in [0.05, 0.1) is 7.11 Å². The Morgan fingerprint density at radius 3 is 2.37 bits per heavy atom. The summed E-state index contributed by atoms with van der Waals surface area (Å²) in [4.78, 5) is 24.9. The van der Waals surface area contributed by atoms with Crippen LogP contribution in [0.4, 0.5) is 0 Å². The highest BCUT2D eigenvalue weighted by Gasteiger charge is 2.23. The van der Waals surface area contributed by atoms with E-state index in [9.17, 15) is 9.59 Å². The number of hydrogen-bond donors (Lipinski definition) is 1. The number of ether oxygens (including phenoxy) is 1. The van der Waals surface area contributed by atoms with Gasteiger partial charge in [-0.3, -0.25) is 4.79 Å². The number of esters is 1. The first-order valence-corrected chi connectivity index (χ1v) is 8.91. The fourth-order valence-corrected chi connectivity index (χ4v) is 3.07. The molecule has 0 radical (unpaired) electrons. The maximum atomic E-state index is 12.7. The highest BCUT2D eigenvalue weighted by atomic mass is 16.5. The lowest BCUT2D eigenvalue weighted by atomic mass is 10.0. The first-order chi connectivity index (χ1) is 13.0. The first kappa shape index (κ1) is 18.6. The van der Waals surface area contributed by atoms with Crippen LogP contribution < -0.4 is 5.32 Å². The summed E-state index contributed by atoms with van der Waals surface area (Å²) in [7, 11) is 1.33. The zero-order valence-electron chi connectivity index (χ0n) is 15.8. The molecule has 1 amide bonds. The van der Waals surface area contributed by atoms with Crippen molar-refractivity contribution in [2.45, 2.75) is 26.3 Å². The number of rotatable bonds is 5. The van der Waals surface area contributed by atoms with E-state index in [1.165, 1.54) is 12.7 Å². The van der Waals surface area contributed by atoms with Crippen LogP contribution in [0.15, 0.2) is 60.7 Å². The lowest BCUT2D eigenvalue weighted by molar-refractivity contribution is -0.142. The van der Waals surface area contributed by atoms with E-state index in [0.29, 0.717) is 12.0 Å². The van der Waals surface area contributed by atoms with E-state index in [1.54, 1.807) is 6.07 Å². The number of carbonyl (C=O) groups excluding carboxylic acids is 2. The van der Waals surface area contributed by atoms with E-state index in [4.69, 9.17) is 4.74 Å². The molecule has 4 nitrogen and oxygen atoms in total. The number of amides is 1. The van der Waals surface area contributed by atoms with Crippen molar-refractivity contribution in [3.63, 3.8) is 0 Å². The Balaban J connectivity index is 1.81. The topological polar surface area (TPSA) is 55.4 Å². The second-order valence-electron chi connectivity index (χ2n) is 6.73. The summed E-state index contributed by atoms with van der Waals surface area (Å²) in [5.41, 5.74) is 3.83. The minimum atomic E-state index is -0.740. The Kier molecular flexibility index (Phi) is 5.55. The SMILES string of the molecule is COC(=O)[C@@H](Cc1ccc(C)c(C)c1)NC(=O)c1ccc2ccccc2c1. The monoisotopic (exact) mass is 361 g/mol.